The molecule has 6 heteroatoms. The smallest absolute Gasteiger partial charge is 0.261 e. The lowest BCUT2D eigenvalue weighted by atomic mass is 10.0. The molecule has 34 heavy (non-hydrogen) atoms. The number of benzene rings is 3. The van der Waals surface area contributed by atoms with Gasteiger partial charge in [-0.3, -0.25) is 19.3 Å². The first-order valence-corrected chi connectivity index (χ1v) is 11.6. The Bertz CT molecular complexity index is 1190. The average Bonchev–Trinajstić information content (AvgIpc) is 3.10. The van der Waals surface area contributed by atoms with E-state index in [0.717, 1.165) is 12.0 Å². The highest BCUT2D eigenvalue weighted by Gasteiger charge is 2.35. The molecule has 0 aromatic heterocycles. The van der Waals surface area contributed by atoms with Crippen molar-refractivity contribution in [2.75, 3.05) is 18.5 Å². The molecule has 1 N–H and O–H groups in total. The Kier molecular flexibility index (Phi) is 7.07. The predicted octanol–water partition coefficient (Wildman–Crippen LogP) is 5.20. The van der Waals surface area contributed by atoms with Crippen LogP contribution in [-0.2, 0) is 6.42 Å². The second-order valence-electron chi connectivity index (χ2n) is 8.47. The number of fused-ring (bicyclic) bond motifs is 1. The highest BCUT2D eigenvalue weighted by molar-refractivity contribution is 6.21. The van der Waals surface area contributed by atoms with Gasteiger partial charge in [0.25, 0.3) is 17.7 Å². The number of hydrogen-bond donors (Lipinski definition) is 1. The summed E-state index contributed by atoms with van der Waals surface area (Å²) in [6.45, 7) is 4.74. The highest BCUT2D eigenvalue weighted by Crippen LogP contribution is 2.27. The van der Waals surface area contributed by atoms with Gasteiger partial charge in [0.1, 0.15) is 5.75 Å². The third kappa shape index (κ3) is 4.86. The normalized spacial score (nSPS) is 13.5. The van der Waals surface area contributed by atoms with Crippen molar-refractivity contribution >= 4 is 23.4 Å². The first-order chi connectivity index (χ1) is 16.5. The quantitative estimate of drug-likeness (QED) is 0.449. The Morgan fingerprint density at radius 3 is 2.24 bits per heavy atom. The van der Waals surface area contributed by atoms with Crippen molar-refractivity contribution in [3.8, 4) is 5.75 Å². The number of ether oxygens (including phenoxy) is 1. The monoisotopic (exact) mass is 456 g/mol. The van der Waals surface area contributed by atoms with Gasteiger partial charge in [0.2, 0.25) is 0 Å². The van der Waals surface area contributed by atoms with Gasteiger partial charge in [-0.05, 0) is 54.7 Å². The van der Waals surface area contributed by atoms with Crippen molar-refractivity contribution in [3.05, 3.63) is 95.1 Å². The van der Waals surface area contributed by atoms with Crippen molar-refractivity contribution in [1.82, 2.24) is 4.90 Å². The summed E-state index contributed by atoms with van der Waals surface area (Å²) < 4.78 is 5.98. The number of carbonyl (C=O) groups is 3. The summed E-state index contributed by atoms with van der Waals surface area (Å²) in [6, 6.07) is 21.8. The lowest BCUT2D eigenvalue weighted by molar-refractivity contribution is 0.0626. The van der Waals surface area contributed by atoms with E-state index in [1.165, 1.54) is 4.90 Å². The fourth-order valence-corrected chi connectivity index (χ4v) is 4.11. The van der Waals surface area contributed by atoms with Crippen LogP contribution < -0.4 is 10.1 Å². The second-order valence-corrected chi connectivity index (χ2v) is 8.47. The van der Waals surface area contributed by atoms with Crippen LogP contribution in [0.2, 0.25) is 0 Å². The Morgan fingerprint density at radius 2 is 1.53 bits per heavy atom. The van der Waals surface area contributed by atoms with Gasteiger partial charge in [-0.25, -0.2) is 0 Å². The second kappa shape index (κ2) is 10.3. The summed E-state index contributed by atoms with van der Waals surface area (Å²) in [4.78, 5) is 39.3. The predicted molar refractivity (Wildman–Crippen MR) is 131 cm³/mol. The molecule has 6 nitrogen and oxygen atoms in total. The summed E-state index contributed by atoms with van der Waals surface area (Å²) in [5.74, 6) is -0.0202. The van der Waals surface area contributed by atoms with E-state index in [4.69, 9.17) is 4.74 Å². The molecule has 4 rings (SSSR count). The van der Waals surface area contributed by atoms with Gasteiger partial charge >= 0.3 is 0 Å². The van der Waals surface area contributed by atoms with E-state index >= 15 is 0 Å². The number of nitrogens with zero attached hydrogens (tertiary/aromatic N) is 1. The number of nitrogens with one attached hydrogen (secondary N) is 1. The Balaban J connectivity index is 1.34. The van der Waals surface area contributed by atoms with E-state index in [-0.39, 0.29) is 23.6 Å². The van der Waals surface area contributed by atoms with Gasteiger partial charge in [-0.1, -0.05) is 56.3 Å². The number of para-hydroxylation sites is 2. The van der Waals surface area contributed by atoms with Crippen LogP contribution in [-0.4, -0.2) is 35.8 Å². The molecule has 0 spiro atoms. The fraction of sp³-hybridized carbons (Fsp3) is 0.250. The van der Waals surface area contributed by atoms with E-state index in [1.807, 2.05) is 62.4 Å². The van der Waals surface area contributed by atoms with Gasteiger partial charge < -0.3 is 10.1 Å². The minimum absolute atomic E-state index is 0.0559. The van der Waals surface area contributed by atoms with Gasteiger partial charge in [-0.2, -0.15) is 0 Å². The van der Waals surface area contributed by atoms with Crippen LogP contribution in [0.4, 0.5) is 5.69 Å². The van der Waals surface area contributed by atoms with Crippen LogP contribution >= 0.6 is 0 Å². The van der Waals surface area contributed by atoms with E-state index in [9.17, 15) is 14.4 Å². The summed E-state index contributed by atoms with van der Waals surface area (Å²) in [5, 5.41) is 2.96. The number of amides is 3. The molecule has 0 aliphatic carbocycles. The molecule has 1 aliphatic heterocycles. The molecule has 0 saturated heterocycles. The van der Waals surface area contributed by atoms with E-state index in [2.05, 4.69) is 5.32 Å². The van der Waals surface area contributed by atoms with E-state index < -0.39 is 0 Å². The molecule has 3 aromatic rings. The number of rotatable bonds is 9. The third-order valence-electron chi connectivity index (χ3n) is 6.02. The van der Waals surface area contributed by atoms with Crippen molar-refractivity contribution in [2.24, 2.45) is 5.92 Å². The van der Waals surface area contributed by atoms with E-state index in [0.29, 0.717) is 47.7 Å². The molecule has 1 heterocycles. The average molecular weight is 457 g/mol. The lowest BCUT2D eigenvalue weighted by Crippen LogP contribution is -2.34. The number of hydrogen-bond acceptors (Lipinski definition) is 4. The maximum atomic E-state index is 12.8. The summed E-state index contributed by atoms with van der Waals surface area (Å²) in [7, 11) is 0. The third-order valence-corrected chi connectivity index (χ3v) is 6.02. The molecule has 1 unspecified atom stereocenters. The summed E-state index contributed by atoms with van der Waals surface area (Å²) in [6.07, 6.45) is 1.42. The van der Waals surface area contributed by atoms with Gasteiger partial charge in [-0.15, -0.1) is 0 Å². The first kappa shape index (κ1) is 23.2. The van der Waals surface area contributed by atoms with Crippen LogP contribution in [0.25, 0.3) is 0 Å². The van der Waals surface area contributed by atoms with Gasteiger partial charge in [0.05, 0.1) is 23.4 Å². The number of anilines is 1. The molecule has 0 saturated carbocycles. The molecular formula is C28H28N2O4. The Labute approximate surface area is 199 Å². The first-order valence-electron chi connectivity index (χ1n) is 11.6. The van der Waals surface area contributed by atoms with Crippen LogP contribution in [0.5, 0.6) is 5.75 Å². The molecule has 0 fully saturated rings. The zero-order valence-electron chi connectivity index (χ0n) is 19.4. The summed E-state index contributed by atoms with van der Waals surface area (Å²) >= 11 is 0. The maximum absolute atomic E-state index is 12.8. The molecule has 1 aliphatic rings. The Hall–Kier alpha value is -3.93. The zero-order chi connectivity index (χ0) is 24.1. The minimum atomic E-state index is -0.242. The molecule has 0 bridgehead atoms. The molecule has 3 amide bonds. The van der Waals surface area contributed by atoms with E-state index in [1.54, 1.807) is 24.3 Å². The minimum Gasteiger partial charge on any atom is -0.491 e. The number of carbonyl (C=O) groups excluding carboxylic acids is 3. The standard InChI is InChI=1S/C28H28N2O4/c1-3-20-10-4-5-11-21(20)26(31)29-24-14-8-9-15-25(24)34-17-16-19(2)18-30-27(32)22-12-6-7-13-23(22)28(30)33/h4-15,19H,3,16-18H2,1-2H3,(H,29,31). The maximum Gasteiger partial charge on any atom is 0.261 e. The lowest BCUT2D eigenvalue weighted by Gasteiger charge is -2.20. The largest absolute Gasteiger partial charge is 0.491 e. The molecule has 0 radical (unpaired) electrons. The van der Waals surface area contributed by atoms with Gasteiger partial charge in [0.15, 0.2) is 0 Å². The topological polar surface area (TPSA) is 75.7 Å². The Morgan fingerprint density at radius 1 is 0.912 bits per heavy atom. The molecule has 174 valence electrons. The van der Waals surface area contributed by atoms with Crippen molar-refractivity contribution in [1.29, 1.82) is 0 Å². The molecule has 3 aromatic carbocycles. The fourth-order valence-electron chi connectivity index (χ4n) is 4.11. The molecule has 1 atom stereocenters. The summed E-state index contributed by atoms with van der Waals surface area (Å²) in [5.41, 5.74) is 3.16. The highest BCUT2D eigenvalue weighted by atomic mass is 16.5. The van der Waals surface area contributed by atoms with Crippen molar-refractivity contribution in [3.63, 3.8) is 0 Å². The van der Waals surface area contributed by atoms with Crippen LogP contribution in [0, 0.1) is 5.92 Å². The van der Waals surface area contributed by atoms with Crippen molar-refractivity contribution in [2.45, 2.75) is 26.7 Å². The van der Waals surface area contributed by atoms with Crippen LogP contribution in [0.15, 0.2) is 72.8 Å². The number of imide groups is 1. The zero-order valence-corrected chi connectivity index (χ0v) is 19.4. The van der Waals surface area contributed by atoms with Crippen molar-refractivity contribution < 1.29 is 19.1 Å². The van der Waals surface area contributed by atoms with Gasteiger partial charge in [0, 0.05) is 12.1 Å². The number of aryl methyl sites for hydroxylation is 1. The van der Waals surface area contributed by atoms with Crippen LogP contribution in [0.3, 0.4) is 0 Å². The van der Waals surface area contributed by atoms with Crippen LogP contribution in [0.1, 0.15) is 56.9 Å². The molecular weight excluding hydrogens is 428 g/mol. The SMILES string of the molecule is CCc1ccccc1C(=O)Nc1ccccc1OCCC(C)CN1C(=O)c2ccccc2C1=O.